The number of benzene rings is 1. The number of ether oxygens (including phenoxy) is 3. The van der Waals surface area contributed by atoms with Crippen molar-refractivity contribution in [2.45, 2.75) is 39.4 Å². The van der Waals surface area contributed by atoms with Crippen molar-refractivity contribution in [3.05, 3.63) is 28.8 Å². The van der Waals surface area contributed by atoms with E-state index in [-0.39, 0.29) is 5.97 Å². The normalized spacial score (nSPS) is 25.0. The Balaban J connectivity index is 2.29. The van der Waals surface area contributed by atoms with Crippen LogP contribution in [0.3, 0.4) is 0 Å². The second kappa shape index (κ2) is 4.85. The van der Waals surface area contributed by atoms with Gasteiger partial charge in [-0.3, -0.25) is 0 Å². The van der Waals surface area contributed by atoms with Crippen LogP contribution < -0.4 is 4.74 Å². The van der Waals surface area contributed by atoms with Crippen molar-refractivity contribution in [3.63, 3.8) is 0 Å². The highest BCUT2D eigenvalue weighted by Gasteiger charge is 2.59. The number of carbonyl (C=O) groups is 1. The van der Waals surface area contributed by atoms with Crippen LogP contribution in [-0.4, -0.2) is 25.8 Å². The summed E-state index contributed by atoms with van der Waals surface area (Å²) in [6.07, 6.45) is -0.501. The Morgan fingerprint density at radius 3 is 2.63 bits per heavy atom. The SMILES string of the molecule is CCOC(=O)C1OC1(C)c1cc(C)c(OC)cc1C. The molecule has 4 heteroatoms. The molecule has 0 N–H and O–H groups in total. The van der Waals surface area contributed by atoms with Crippen molar-refractivity contribution in [3.8, 4) is 5.75 Å². The minimum Gasteiger partial charge on any atom is -0.496 e. The van der Waals surface area contributed by atoms with Crippen molar-refractivity contribution < 1.29 is 19.0 Å². The Labute approximate surface area is 113 Å². The van der Waals surface area contributed by atoms with Crippen LogP contribution in [0.5, 0.6) is 5.75 Å². The lowest BCUT2D eigenvalue weighted by Crippen LogP contribution is -2.19. The first-order valence-electron chi connectivity index (χ1n) is 6.44. The van der Waals surface area contributed by atoms with E-state index in [4.69, 9.17) is 14.2 Å². The molecule has 2 atom stereocenters. The fourth-order valence-electron chi connectivity index (χ4n) is 2.45. The molecular formula is C15H20O4. The highest BCUT2D eigenvalue weighted by atomic mass is 16.7. The fourth-order valence-corrected chi connectivity index (χ4v) is 2.45. The summed E-state index contributed by atoms with van der Waals surface area (Å²) in [4.78, 5) is 11.7. The molecule has 0 aromatic heterocycles. The van der Waals surface area contributed by atoms with Crippen molar-refractivity contribution >= 4 is 5.97 Å². The van der Waals surface area contributed by atoms with Gasteiger partial charge in [0.1, 0.15) is 11.4 Å². The van der Waals surface area contributed by atoms with Crippen molar-refractivity contribution in [2.24, 2.45) is 0 Å². The number of methoxy groups -OCH3 is 1. The third-order valence-corrected chi connectivity index (χ3v) is 3.58. The lowest BCUT2D eigenvalue weighted by Gasteiger charge is -2.14. The molecule has 1 fully saturated rings. The molecule has 1 aliphatic heterocycles. The van der Waals surface area contributed by atoms with E-state index in [1.165, 1.54) is 0 Å². The predicted octanol–water partition coefficient (Wildman–Crippen LogP) is 2.49. The zero-order valence-electron chi connectivity index (χ0n) is 12.1. The zero-order chi connectivity index (χ0) is 14.2. The van der Waals surface area contributed by atoms with E-state index in [1.807, 2.05) is 32.9 Å². The van der Waals surface area contributed by atoms with Gasteiger partial charge in [0.25, 0.3) is 0 Å². The molecule has 2 unspecified atom stereocenters. The van der Waals surface area contributed by atoms with Crippen LogP contribution in [0.15, 0.2) is 12.1 Å². The Kier molecular flexibility index (Phi) is 3.54. The first-order valence-corrected chi connectivity index (χ1v) is 6.44. The average molecular weight is 264 g/mol. The van der Waals surface area contributed by atoms with E-state index >= 15 is 0 Å². The number of hydrogen-bond donors (Lipinski definition) is 0. The van der Waals surface area contributed by atoms with Crippen LogP contribution >= 0.6 is 0 Å². The molecule has 0 bridgehead atoms. The molecule has 2 rings (SSSR count). The Bertz CT molecular complexity index is 509. The number of esters is 1. The van der Waals surface area contributed by atoms with Gasteiger partial charge >= 0.3 is 5.97 Å². The number of carbonyl (C=O) groups excluding carboxylic acids is 1. The molecule has 1 saturated heterocycles. The molecule has 0 amide bonds. The molecule has 0 radical (unpaired) electrons. The summed E-state index contributed by atoms with van der Waals surface area (Å²) in [6.45, 7) is 8.05. The molecular weight excluding hydrogens is 244 g/mol. The second-order valence-electron chi connectivity index (χ2n) is 4.99. The van der Waals surface area contributed by atoms with E-state index in [0.717, 1.165) is 22.4 Å². The van der Waals surface area contributed by atoms with E-state index in [0.29, 0.717) is 6.61 Å². The molecule has 1 aromatic carbocycles. The first kappa shape index (κ1) is 13.9. The third-order valence-electron chi connectivity index (χ3n) is 3.58. The van der Waals surface area contributed by atoms with Gasteiger partial charge in [-0.15, -0.1) is 0 Å². The lowest BCUT2D eigenvalue weighted by molar-refractivity contribution is -0.144. The van der Waals surface area contributed by atoms with E-state index < -0.39 is 11.7 Å². The topological polar surface area (TPSA) is 48.1 Å². The van der Waals surface area contributed by atoms with Gasteiger partial charge in [-0.1, -0.05) is 0 Å². The Morgan fingerprint density at radius 2 is 2.05 bits per heavy atom. The molecule has 1 aromatic rings. The highest BCUT2D eigenvalue weighted by Crippen LogP contribution is 2.48. The van der Waals surface area contributed by atoms with Gasteiger partial charge in [0.05, 0.1) is 13.7 Å². The highest BCUT2D eigenvalue weighted by molar-refractivity contribution is 5.80. The molecule has 0 spiro atoms. The van der Waals surface area contributed by atoms with Crippen LogP contribution in [0.1, 0.15) is 30.5 Å². The molecule has 104 valence electrons. The van der Waals surface area contributed by atoms with Gasteiger partial charge in [-0.05, 0) is 56.5 Å². The van der Waals surface area contributed by atoms with Gasteiger partial charge in [0.2, 0.25) is 0 Å². The van der Waals surface area contributed by atoms with Gasteiger partial charge in [0.15, 0.2) is 6.10 Å². The summed E-state index contributed by atoms with van der Waals surface area (Å²) in [5.74, 6) is 0.552. The largest absolute Gasteiger partial charge is 0.496 e. The van der Waals surface area contributed by atoms with Gasteiger partial charge in [-0.25, -0.2) is 4.79 Å². The molecule has 4 nitrogen and oxygen atoms in total. The van der Waals surface area contributed by atoms with Crippen LogP contribution in [0.25, 0.3) is 0 Å². The number of epoxide rings is 1. The number of hydrogen-bond acceptors (Lipinski definition) is 4. The summed E-state index contributed by atoms with van der Waals surface area (Å²) in [5, 5.41) is 0. The van der Waals surface area contributed by atoms with Crippen LogP contribution in [0, 0.1) is 13.8 Å². The summed E-state index contributed by atoms with van der Waals surface area (Å²) in [5.41, 5.74) is 2.52. The molecule has 0 saturated carbocycles. The van der Waals surface area contributed by atoms with Crippen molar-refractivity contribution in [1.29, 1.82) is 0 Å². The summed E-state index contributed by atoms with van der Waals surface area (Å²) in [7, 11) is 1.65. The summed E-state index contributed by atoms with van der Waals surface area (Å²) in [6, 6.07) is 3.99. The Hall–Kier alpha value is -1.55. The second-order valence-corrected chi connectivity index (χ2v) is 4.99. The number of rotatable bonds is 4. The Morgan fingerprint density at radius 1 is 1.37 bits per heavy atom. The minimum atomic E-state index is -0.576. The molecule has 1 heterocycles. The standard InChI is InChI=1S/C15H20O4/c1-6-18-14(16)13-15(4,19-13)11-7-10(3)12(17-5)8-9(11)2/h7-8,13H,6H2,1-5H3. The summed E-state index contributed by atoms with van der Waals surface area (Å²) >= 11 is 0. The average Bonchev–Trinajstić information content (AvgIpc) is 3.05. The molecule has 0 aliphatic carbocycles. The van der Waals surface area contributed by atoms with Gasteiger partial charge < -0.3 is 14.2 Å². The van der Waals surface area contributed by atoms with Gasteiger partial charge in [0, 0.05) is 0 Å². The maximum Gasteiger partial charge on any atom is 0.338 e. The van der Waals surface area contributed by atoms with E-state index in [1.54, 1.807) is 14.0 Å². The maximum absolute atomic E-state index is 11.7. The van der Waals surface area contributed by atoms with Crippen molar-refractivity contribution in [2.75, 3.05) is 13.7 Å². The summed E-state index contributed by atoms with van der Waals surface area (Å²) < 4.78 is 15.9. The number of aryl methyl sites for hydroxylation is 2. The first-order chi connectivity index (χ1) is 8.93. The minimum absolute atomic E-state index is 0.294. The van der Waals surface area contributed by atoms with Crippen LogP contribution in [-0.2, 0) is 19.9 Å². The van der Waals surface area contributed by atoms with E-state index in [2.05, 4.69) is 0 Å². The van der Waals surface area contributed by atoms with E-state index in [9.17, 15) is 4.79 Å². The molecule has 1 aliphatic rings. The lowest BCUT2D eigenvalue weighted by atomic mass is 9.91. The van der Waals surface area contributed by atoms with Crippen LogP contribution in [0.2, 0.25) is 0 Å². The molecule has 19 heavy (non-hydrogen) atoms. The maximum atomic E-state index is 11.7. The smallest absolute Gasteiger partial charge is 0.338 e. The van der Waals surface area contributed by atoms with Gasteiger partial charge in [-0.2, -0.15) is 0 Å². The quantitative estimate of drug-likeness (QED) is 0.619. The van der Waals surface area contributed by atoms with Crippen LogP contribution in [0.4, 0.5) is 0 Å². The zero-order valence-corrected chi connectivity index (χ0v) is 12.1. The third kappa shape index (κ3) is 2.32. The fraction of sp³-hybridized carbons (Fsp3) is 0.533. The van der Waals surface area contributed by atoms with Crippen molar-refractivity contribution in [1.82, 2.24) is 0 Å². The predicted molar refractivity (Wildman–Crippen MR) is 71.3 cm³/mol. The monoisotopic (exact) mass is 264 g/mol.